The Kier molecular flexibility index (Phi) is 2.45. The quantitative estimate of drug-likeness (QED) is 0.784. The highest BCUT2D eigenvalue weighted by Gasteiger charge is 2.07. The Morgan fingerprint density at radius 1 is 1.33 bits per heavy atom. The smallest absolute Gasteiger partial charge is 0.237 e. The van der Waals surface area contributed by atoms with Crippen molar-refractivity contribution in [1.29, 1.82) is 0 Å². The number of aromatic nitrogens is 3. The minimum atomic E-state index is -0.398. The number of amides is 1. The van der Waals surface area contributed by atoms with Crippen LogP contribution in [-0.4, -0.2) is 20.4 Å². The Hall–Kier alpha value is -2.17. The van der Waals surface area contributed by atoms with Crippen molar-refractivity contribution in [1.82, 2.24) is 14.5 Å². The second kappa shape index (κ2) is 3.91. The minimum absolute atomic E-state index is 0.117. The Bertz CT molecular complexity index is 463. The van der Waals surface area contributed by atoms with E-state index in [-0.39, 0.29) is 6.54 Å². The van der Waals surface area contributed by atoms with Crippen molar-refractivity contribution in [2.24, 2.45) is 5.73 Å². The maximum Gasteiger partial charge on any atom is 0.237 e. The zero-order valence-electron chi connectivity index (χ0n) is 8.00. The summed E-state index contributed by atoms with van der Waals surface area (Å²) in [6, 6.07) is 5.52. The molecule has 0 spiro atoms. The lowest BCUT2D eigenvalue weighted by molar-refractivity contribution is -0.118. The van der Waals surface area contributed by atoms with E-state index in [0.29, 0.717) is 5.82 Å². The maximum atomic E-state index is 10.8. The van der Waals surface area contributed by atoms with E-state index in [0.717, 1.165) is 5.69 Å². The van der Waals surface area contributed by atoms with E-state index in [1.54, 1.807) is 23.2 Å². The standard InChI is InChI=1S/C10H10N4O/c11-9(15)7-14-6-5-13-10(14)8-3-1-2-4-12-8/h1-6H,7H2,(H2,11,15). The summed E-state index contributed by atoms with van der Waals surface area (Å²) >= 11 is 0. The summed E-state index contributed by atoms with van der Waals surface area (Å²) in [6.45, 7) is 0.117. The van der Waals surface area contributed by atoms with Crippen LogP contribution in [0, 0.1) is 0 Å². The van der Waals surface area contributed by atoms with Gasteiger partial charge in [0, 0.05) is 18.6 Å². The fourth-order valence-corrected chi connectivity index (χ4v) is 1.33. The van der Waals surface area contributed by atoms with Gasteiger partial charge in [0.2, 0.25) is 5.91 Å². The molecule has 15 heavy (non-hydrogen) atoms. The molecule has 76 valence electrons. The fourth-order valence-electron chi connectivity index (χ4n) is 1.33. The molecular formula is C10H10N4O. The minimum Gasteiger partial charge on any atom is -0.368 e. The Morgan fingerprint density at radius 3 is 2.87 bits per heavy atom. The van der Waals surface area contributed by atoms with E-state index in [1.807, 2.05) is 18.2 Å². The van der Waals surface area contributed by atoms with Gasteiger partial charge in [0.1, 0.15) is 12.2 Å². The molecule has 0 unspecified atom stereocenters. The molecule has 5 heteroatoms. The first kappa shape index (κ1) is 9.39. The molecule has 0 fully saturated rings. The molecule has 0 atom stereocenters. The fraction of sp³-hybridized carbons (Fsp3) is 0.100. The summed E-state index contributed by atoms with van der Waals surface area (Å²) in [6.07, 6.45) is 5.00. The summed E-state index contributed by atoms with van der Waals surface area (Å²) < 4.78 is 1.67. The number of rotatable bonds is 3. The van der Waals surface area contributed by atoms with E-state index in [9.17, 15) is 4.79 Å². The number of pyridine rings is 1. The van der Waals surface area contributed by atoms with Gasteiger partial charge in [-0.25, -0.2) is 4.98 Å². The Labute approximate surface area is 86.6 Å². The largest absolute Gasteiger partial charge is 0.368 e. The lowest BCUT2D eigenvalue weighted by Gasteiger charge is -2.03. The highest BCUT2D eigenvalue weighted by atomic mass is 16.1. The van der Waals surface area contributed by atoms with Crippen LogP contribution in [-0.2, 0) is 11.3 Å². The molecule has 1 amide bonds. The molecule has 0 aliphatic carbocycles. The van der Waals surface area contributed by atoms with Crippen molar-refractivity contribution >= 4 is 5.91 Å². The molecule has 0 aromatic carbocycles. The van der Waals surface area contributed by atoms with Crippen LogP contribution < -0.4 is 5.73 Å². The van der Waals surface area contributed by atoms with Crippen molar-refractivity contribution in [2.75, 3.05) is 0 Å². The maximum absolute atomic E-state index is 10.8. The molecule has 2 rings (SSSR count). The average Bonchev–Trinajstić information content (AvgIpc) is 2.66. The normalized spacial score (nSPS) is 10.1. The van der Waals surface area contributed by atoms with Crippen LogP contribution in [0.2, 0.25) is 0 Å². The first-order chi connectivity index (χ1) is 7.27. The Balaban J connectivity index is 2.37. The molecule has 2 heterocycles. The van der Waals surface area contributed by atoms with Gasteiger partial charge >= 0.3 is 0 Å². The van der Waals surface area contributed by atoms with Gasteiger partial charge in [-0.3, -0.25) is 9.78 Å². The van der Waals surface area contributed by atoms with Crippen molar-refractivity contribution in [3.8, 4) is 11.5 Å². The van der Waals surface area contributed by atoms with Gasteiger partial charge in [-0.15, -0.1) is 0 Å². The van der Waals surface area contributed by atoms with Crippen LogP contribution in [0.15, 0.2) is 36.8 Å². The monoisotopic (exact) mass is 202 g/mol. The number of carbonyl (C=O) groups is 1. The number of nitrogens with two attached hydrogens (primary N) is 1. The number of nitrogens with zero attached hydrogens (tertiary/aromatic N) is 3. The summed E-state index contributed by atoms with van der Waals surface area (Å²) in [7, 11) is 0. The summed E-state index contributed by atoms with van der Waals surface area (Å²) in [5.41, 5.74) is 5.85. The first-order valence-electron chi connectivity index (χ1n) is 4.48. The van der Waals surface area contributed by atoms with Crippen LogP contribution in [0.1, 0.15) is 0 Å². The number of primary amides is 1. The van der Waals surface area contributed by atoms with Crippen LogP contribution in [0.4, 0.5) is 0 Å². The third kappa shape index (κ3) is 2.01. The number of imidazole rings is 1. The highest BCUT2D eigenvalue weighted by Crippen LogP contribution is 2.13. The molecule has 0 aliphatic rings. The van der Waals surface area contributed by atoms with E-state index in [1.165, 1.54) is 0 Å². The lowest BCUT2D eigenvalue weighted by atomic mass is 10.3. The molecule has 2 N–H and O–H groups in total. The van der Waals surface area contributed by atoms with E-state index in [2.05, 4.69) is 9.97 Å². The van der Waals surface area contributed by atoms with Gasteiger partial charge in [0.15, 0.2) is 5.82 Å². The summed E-state index contributed by atoms with van der Waals surface area (Å²) in [4.78, 5) is 19.1. The third-order valence-electron chi connectivity index (χ3n) is 1.94. The van der Waals surface area contributed by atoms with Gasteiger partial charge in [0.25, 0.3) is 0 Å². The lowest BCUT2D eigenvalue weighted by Crippen LogP contribution is -2.18. The second-order valence-electron chi connectivity index (χ2n) is 3.06. The SMILES string of the molecule is NC(=O)Cn1ccnc1-c1ccccn1. The molecule has 0 radical (unpaired) electrons. The first-order valence-corrected chi connectivity index (χ1v) is 4.48. The van der Waals surface area contributed by atoms with E-state index in [4.69, 9.17) is 5.73 Å². The van der Waals surface area contributed by atoms with Gasteiger partial charge in [0.05, 0.1) is 0 Å². The van der Waals surface area contributed by atoms with Crippen molar-refractivity contribution in [3.05, 3.63) is 36.8 Å². The van der Waals surface area contributed by atoms with Crippen LogP contribution in [0.5, 0.6) is 0 Å². The number of hydrogen-bond donors (Lipinski definition) is 1. The van der Waals surface area contributed by atoms with Gasteiger partial charge in [-0.2, -0.15) is 0 Å². The van der Waals surface area contributed by atoms with E-state index >= 15 is 0 Å². The molecule has 0 saturated carbocycles. The van der Waals surface area contributed by atoms with Crippen molar-refractivity contribution in [2.45, 2.75) is 6.54 Å². The van der Waals surface area contributed by atoms with Crippen molar-refractivity contribution < 1.29 is 4.79 Å². The number of carbonyl (C=O) groups excluding carboxylic acids is 1. The summed E-state index contributed by atoms with van der Waals surface area (Å²) in [5.74, 6) is 0.250. The zero-order valence-corrected chi connectivity index (χ0v) is 8.00. The Morgan fingerprint density at radius 2 is 2.20 bits per heavy atom. The predicted molar refractivity (Wildman–Crippen MR) is 54.7 cm³/mol. The molecule has 2 aromatic heterocycles. The topological polar surface area (TPSA) is 73.8 Å². The van der Waals surface area contributed by atoms with Gasteiger partial charge < -0.3 is 10.3 Å². The van der Waals surface area contributed by atoms with Crippen LogP contribution in [0.3, 0.4) is 0 Å². The third-order valence-corrected chi connectivity index (χ3v) is 1.94. The second-order valence-corrected chi connectivity index (χ2v) is 3.06. The molecule has 0 saturated heterocycles. The molecule has 2 aromatic rings. The van der Waals surface area contributed by atoms with Crippen molar-refractivity contribution in [3.63, 3.8) is 0 Å². The van der Waals surface area contributed by atoms with Crippen LogP contribution >= 0.6 is 0 Å². The van der Waals surface area contributed by atoms with Gasteiger partial charge in [-0.05, 0) is 12.1 Å². The predicted octanol–water partition coefficient (Wildman–Crippen LogP) is 0.430. The molecule has 0 aliphatic heterocycles. The molecule has 0 bridgehead atoms. The van der Waals surface area contributed by atoms with Crippen LogP contribution in [0.25, 0.3) is 11.5 Å². The average molecular weight is 202 g/mol. The molecule has 5 nitrogen and oxygen atoms in total. The summed E-state index contributed by atoms with van der Waals surface area (Å²) in [5, 5.41) is 0. The van der Waals surface area contributed by atoms with E-state index < -0.39 is 5.91 Å². The zero-order chi connectivity index (χ0) is 10.7. The highest BCUT2D eigenvalue weighted by molar-refractivity contribution is 5.74. The van der Waals surface area contributed by atoms with Gasteiger partial charge in [-0.1, -0.05) is 6.07 Å². The number of hydrogen-bond acceptors (Lipinski definition) is 3. The molecular weight excluding hydrogens is 192 g/mol.